The van der Waals surface area contributed by atoms with E-state index in [1.165, 1.54) is 5.56 Å². The van der Waals surface area contributed by atoms with Gasteiger partial charge in [0.05, 0.1) is 13.7 Å². The molecule has 96 valence electrons. The minimum atomic E-state index is 0.774. The first kappa shape index (κ1) is 12.9. The molecule has 1 heterocycles. The molecule has 0 spiro atoms. The van der Waals surface area contributed by atoms with E-state index < -0.39 is 0 Å². The van der Waals surface area contributed by atoms with E-state index in [9.17, 15) is 0 Å². The number of hydrogen-bond acceptors (Lipinski definition) is 3. The zero-order valence-electron chi connectivity index (χ0n) is 10.9. The summed E-state index contributed by atoms with van der Waals surface area (Å²) in [6, 6.07) is 8.30. The fraction of sp³-hybridized carbons (Fsp3) is 0.467. The highest BCUT2D eigenvalue weighted by Gasteiger charge is 2.15. The minimum Gasteiger partial charge on any atom is -0.497 e. The van der Waals surface area contributed by atoms with E-state index in [1.54, 1.807) is 7.11 Å². The molecule has 1 aliphatic heterocycles. The van der Waals surface area contributed by atoms with E-state index in [4.69, 9.17) is 11.2 Å². The van der Waals surface area contributed by atoms with E-state index in [1.807, 2.05) is 12.1 Å². The van der Waals surface area contributed by atoms with Crippen LogP contribution in [-0.2, 0) is 6.54 Å². The molecule has 0 N–H and O–H groups in total. The normalized spacial score (nSPS) is 17.3. The first-order valence-corrected chi connectivity index (χ1v) is 6.33. The van der Waals surface area contributed by atoms with Crippen molar-refractivity contribution in [2.45, 2.75) is 6.54 Å². The molecule has 0 saturated carbocycles. The van der Waals surface area contributed by atoms with Crippen LogP contribution in [0.3, 0.4) is 0 Å². The Labute approximate surface area is 109 Å². The summed E-state index contributed by atoms with van der Waals surface area (Å²) in [4.78, 5) is 4.79. The van der Waals surface area contributed by atoms with Gasteiger partial charge in [0.15, 0.2) is 0 Å². The first-order chi connectivity index (χ1) is 8.81. The maximum Gasteiger partial charge on any atom is 0.118 e. The van der Waals surface area contributed by atoms with Gasteiger partial charge in [0.25, 0.3) is 0 Å². The van der Waals surface area contributed by atoms with Crippen molar-refractivity contribution in [2.24, 2.45) is 0 Å². The van der Waals surface area contributed by atoms with Gasteiger partial charge in [-0.2, -0.15) is 0 Å². The lowest BCUT2D eigenvalue weighted by Gasteiger charge is -2.33. The molecule has 0 aromatic heterocycles. The molecule has 1 aromatic carbocycles. The summed E-state index contributed by atoms with van der Waals surface area (Å²) in [5, 5.41) is 0. The van der Waals surface area contributed by atoms with Crippen molar-refractivity contribution in [2.75, 3.05) is 39.8 Å². The van der Waals surface area contributed by atoms with Gasteiger partial charge in [-0.1, -0.05) is 18.1 Å². The molecule has 0 radical (unpaired) electrons. The van der Waals surface area contributed by atoms with E-state index in [0.717, 1.165) is 45.0 Å². The van der Waals surface area contributed by atoms with Crippen molar-refractivity contribution in [1.29, 1.82) is 0 Å². The topological polar surface area (TPSA) is 15.7 Å². The van der Waals surface area contributed by atoms with Gasteiger partial charge in [-0.15, -0.1) is 6.42 Å². The third-order valence-corrected chi connectivity index (χ3v) is 3.35. The summed E-state index contributed by atoms with van der Waals surface area (Å²) in [5.41, 5.74) is 1.33. The fourth-order valence-corrected chi connectivity index (χ4v) is 2.22. The predicted octanol–water partition coefficient (Wildman–Crippen LogP) is 1.45. The van der Waals surface area contributed by atoms with Crippen LogP contribution < -0.4 is 4.74 Å². The molecule has 0 unspecified atom stereocenters. The van der Waals surface area contributed by atoms with Crippen LogP contribution in [0.4, 0.5) is 0 Å². The Hall–Kier alpha value is -1.50. The summed E-state index contributed by atoms with van der Waals surface area (Å²) in [6.07, 6.45) is 5.33. The van der Waals surface area contributed by atoms with Crippen molar-refractivity contribution in [1.82, 2.24) is 9.80 Å². The van der Waals surface area contributed by atoms with Crippen LogP contribution >= 0.6 is 0 Å². The van der Waals surface area contributed by atoms with Crippen molar-refractivity contribution in [3.8, 4) is 18.1 Å². The number of terminal acetylenes is 1. The number of rotatable bonds is 4. The Kier molecular flexibility index (Phi) is 4.63. The molecule has 0 aliphatic carbocycles. The summed E-state index contributed by atoms with van der Waals surface area (Å²) in [6.45, 7) is 6.10. The van der Waals surface area contributed by atoms with E-state index in [-0.39, 0.29) is 0 Å². The molecule has 1 fully saturated rings. The molecule has 1 aromatic rings. The number of nitrogens with zero attached hydrogens (tertiary/aromatic N) is 2. The Bertz CT molecular complexity index is 399. The Morgan fingerprint density at radius 2 is 1.72 bits per heavy atom. The zero-order valence-corrected chi connectivity index (χ0v) is 10.9. The molecule has 2 rings (SSSR count). The van der Waals surface area contributed by atoms with Crippen molar-refractivity contribution in [3.05, 3.63) is 29.8 Å². The van der Waals surface area contributed by atoms with Gasteiger partial charge in [0.2, 0.25) is 0 Å². The lowest BCUT2D eigenvalue weighted by atomic mass is 10.2. The second-order valence-corrected chi connectivity index (χ2v) is 4.60. The van der Waals surface area contributed by atoms with Crippen molar-refractivity contribution < 1.29 is 4.74 Å². The highest BCUT2D eigenvalue weighted by Crippen LogP contribution is 2.13. The molecule has 0 amide bonds. The standard InChI is InChI=1S/C15H20N2O/c1-3-8-16-9-11-17(12-10-16)13-14-4-6-15(18-2)7-5-14/h1,4-7H,8-13H2,2H3. The Balaban J connectivity index is 1.82. The highest BCUT2D eigenvalue weighted by molar-refractivity contribution is 5.27. The zero-order chi connectivity index (χ0) is 12.8. The molecule has 1 aliphatic rings. The number of ether oxygens (including phenoxy) is 1. The summed E-state index contributed by atoms with van der Waals surface area (Å²) >= 11 is 0. The van der Waals surface area contributed by atoms with Crippen LogP contribution in [0.5, 0.6) is 5.75 Å². The lowest BCUT2D eigenvalue weighted by Crippen LogP contribution is -2.45. The van der Waals surface area contributed by atoms with Crippen LogP contribution in [0.1, 0.15) is 5.56 Å². The minimum absolute atomic E-state index is 0.774. The van der Waals surface area contributed by atoms with Gasteiger partial charge in [-0.05, 0) is 17.7 Å². The van der Waals surface area contributed by atoms with E-state index in [0.29, 0.717) is 0 Å². The van der Waals surface area contributed by atoms with Crippen LogP contribution in [0.2, 0.25) is 0 Å². The van der Waals surface area contributed by atoms with Crippen molar-refractivity contribution >= 4 is 0 Å². The van der Waals surface area contributed by atoms with Crippen molar-refractivity contribution in [3.63, 3.8) is 0 Å². The largest absolute Gasteiger partial charge is 0.497 e. The fourth-order valence-electron chi connectivity index (χ4n) is 2.22. The van der Waals surface area contributed by atoms with Gasteiger partial charge in [-0.3, -0.25) is 9.80 Å². The molecule has 3 nitrogen and oxygen atoms in total. The predicted molar refractivity (Wildman–Crippen MR) is 73.5 cm³/mol. The van der Waals surface area contributed by atoms with Gasteiger partial charge in [0, 0.05) is 32.7 Å². The van der Waals surface area contributed by atoms with Crippen LogP contribution in [0.25, 0.3) is 0 Å². The SMILES string of the molecule is C#CCN1CCN(Cc2ccc(OC)cc2)CC1. The Morgan fingerprint density at radius 1 is 1.11 bits per heavy atom. The number of methoxy groups -OCH3 is 1. The third-order valence-electron chi connectivity index (χ3n) is 3.35. The summed E-state index contributed by atoms with van der Waals surface area (Å²) in [7, 11) is 1.69. The monoisotopic (exact) mass is 244 g/mol. The number of hydrogen-bond donors (Lipinski definition) is 0. The second-order valence-electron chi connectivity index (χ2n) is 4.60. The van der Waals surface area contributed by atoms with Gasteiger partial charge in [0.1, 0.15) is 5.75 Å². The number of benzene rings is 1. The average molecular weight is 244 g/mol. The lowest BCUT2D eigenvalue weighted by molar-refractivity contribution is 0.138. The first-order valence-electron chi connectivity index (χ1n) is 6.33. The van der Waals surface area contributed by atoms with Gasteiger partial charge < -0.3 is 4.74 Å². The van der Waals surface area contributed by atoms with Crippen LogP contribution in [0, 0.1) is 12.3 Å². The molecule has 3 heteroatoms. The summed E-state index contributed by atoms with van der Waals surface area (Å²) < 4.78 is 5.16. The average Bonchev–Trinajstić information content (AvgIpc) is 2.42. The molecule has 0 bridgehead atoms. The second kappa shape index (κ2) is 6.44. The Morgan fingerprint density at radius 3 is 2.28 bits per heavy atom. The maximum absolute atomic E-state index is 5.33. The summed E-state index contributed by atoms with van der Waals surface area (Å²) in [5.74, 6) is 3.62. The molecular weight excluding hydrogens is 224 g/mol. The molecular formula is C15H20N2O. The maximum atomic E-state index is 5.33. The molecule has 18 heavy (non-hydrogen) atoms. The van der Waals surface area contributed by atoms with Gasteiger partial charge >= 0.3 is 0 Å². The highest BCUT2D eigenvalue weighted by atomic mass is 16.5. The van der Waals surface area contributed by atoms with E-state index in [2.05, 4.69) is 27.9 Å². The molecule has 1 saturated heterocycles. The van der Waals surface area contributed by atoms with Crippen LogP contribution in [0.15, 0.2) is 24.3 Å². The van der Waals surface area contributed by atoms with Gasteiger partial charge in [-0.25, -0.2) is 0 Å². The third kappa shape index (κ3) is 3.49. The number of piperazine rings is 1. The van der Waals surface area contributed by atoms with E-state index >= 15 is 0 Å². The van der Waals surface area contributed by atoms with Crippen LogP contribution in [-0.4, -0.2) is 49.6 Å². The molecule has 0 atom stereocenters. The smallest absolute Gasteiger partial charge is 0.118 e. The quantitative estimate of drug-likeness (QED) is 0.746.